The minimum atomic E-state index is -0.865. The molecule has 0 unspecified atom stereocenters. The lowest BCUT2D eigenvalue weighted by Crippen LogP contribution is -2.37. The van der Waals surface area contributed by atoms with Gasteiger partial charge < -0.3 is 11.1 Å². The van der Waals surface area contributed by atoms with Crippen LogP contribution in [-0.2, 0) is 4.79 Å². The summed E-state index contributed by atoms with van der Waals surface area (Å²) in [5.74, 6) is -1.05. The van der Waals surface area contributed by atoms with Gasteiger partial charge in [0.15, 0.2) is 0 Å². The lowest BCUT2D eigenvalue weighted by molar-refractivity contribution is -0.120. The molecule has 5 nitrogen and oxygen atoms in total. The molecule has 3 N–H and O–H groups in total. The molecule has 0 saturated heterocycles. The number of carbonyl (C=O) groups is 2. The summed E-state index contributed by atoms with van der Waals surface area (Å²) in [6.07, 6.45) is 1.51. The van der Waals surface area contributed by atoms with Gasteiger partial charge in [-0.05, 0) is 17.7 Å². The van der Waals surface area contributed by atoms with Crippen LogP contribution in [0.1, 0.15) is 22.1 Å². The third-order valence-corrected chi connectivity index (χ3v) is 2.59. The van der Waals surface area contributed by atoms with Gasteiger partial charge in [0.1, 0.15) is 11.7 Å². The van der Waals surface area contributed by atoms with Crippen LogP contribution in [0.3, 0.4) is 0 Å². The quantitative estimate of drug-likeness (QED) is 0.855. The highest BCUT2D eigenvalue weighted by Gasteiger charge is 2.20. The van der Waals surface area contributed by atoms with E-state index in [1.165, 1.54) is 6.20 Å². The minimum Gasteiger partial charge on any atom is -0.368 e. The first-order valence-electron chi connectivity index (χ1n) is 5.74. The minimum absolute atomic E-state index is 0.240. The molecule has 1 heterocycles. The summed E-state index contributed by atoms with van der Waals surface area (Å²) >= 11 is 0. The number of carbonyl (C=O) groups excluding carboxylic acids is 2. The first-order chi connectivity index (χ1) is 9.18. The highest BCUT2D eigenvalue weighted by molar-refractivity contribution is 5.96. The lowest BCUT2D eigenvalue weighted by Gasteiger charge is -2.15. The number of rotatable bonds is 4. The Labute approximate surface area is 110 Å². The van der Waals surface area contributed by atoms with Crippen molar-refractivity contribution < 1.29 is 9.59 Å². The zero-order valence-corrected chi connectivity index (χ0v) is 10.1. The van der Waals surface area contributed by atoms with Gasteiger partial charge in [0.05, 0.1) is 0 Å². The molecule has 0 radical (unpaired) electrons. The van der Waals surface area contributed by atoms with E-state index in [-0.39, 0.29) is 5.69 Å². The summed E-state index contributed by atoms with van der Waals surface area (Å²) in [6.45, 7) is 0. The van der Waals surface area contributed by atoms with Gasteiger partial charge >= 0.3 is 0 Å². The SMILES string of the molecule is NC(=O)[C@@H](NC(=O)c1ccccn1)c1ccccc1. The summed E-state index contributed by atoms with van der Waals surface area (Å²) in [6, 6.07) is 12.9. The Morgan fingerprint density at radius 1 is 1.05 bits per heavy atom. The number of hydrogen-bond donors (Lipinski definition) is 2. The molecule has 2 rings (SSSR count). The molecule has 1 aromatic heterocycles. The monoisotopic (exact) mass is 255 g/mol. The van der Waals surface area contributed by atoms with Crippen molar-refractivity contribution in [3.05, 3.63) is 66.0 Å². The van der Waals surface area contributed by atoms with Crippen LogP contribution in [-0.4, -0.2) is 16.8 Å². The number of nitrogens with two attached hydrogens (primary N) is 1. The largest absolute Gasteiger partial charge is 0.368 e. The number of benzene rings is 1. The maximum atomic E-state index is 12.0. The number of hydrogen-bond acceptors (Lipinski definition) is 3. The molecule has 1 aromatic carbocycles. The van der Waals surface area contributed by atoms with Crippen molar-refractivity contribution in [2.24, 2.45) is 5.73 Å². The summed E-state index contributed by atoms with van der Waals surface area (Å²) in [4.78, 5) is 27.3. The summed E-state index contributed by atoms with van der Waals surface area (Å²) in [5.41, 5.74) is 6.20. The van der Waals surface area contributed by atoms with Crippen LogP contribution in [0.25, 0.3) is 0 Å². The third kappa shape index (κ3) is 3.16. The van der Waals surface area contributed by atoms with Crippen LogP contribution in [0, 0.1) is 0 Å². The third-order valence-electron chi connectivity index (χ3n) is 2.59. The predicted octanol–water partition coefficient (Wildman–Crippen LogP) is 1.04. The van der Waals surface area contributed by atoms with Crippen LogP contribution in [0.15, 0.2) is 54.7 Å². The van der Waals surface area contributed by atoms with Crippen LogP contribution < -0.4 is 11.1 Å². The molecule has 0 aliphatic heterocycles. The fourth-order valence-electron chi connectivity index (χ4n) is 1.67. The second-order valence-corrected chi connectivity index (χ2v) is 3.93. The van der Waals surface area contributed by atoms with Gasteiger partial charge in [-0.25, -0.2) is 0 Å². The molecule has 96 valence electrons. The molecule has 19 heavy (non-hydrogen) atoms. The van der Waals surface area contributed by atoms with E-state index in [9.17, 15) is 9.59 Å². The summed E-state index contributed by atoms with van der Waals surface area (Å²) in [7, 11) is 0. The fourth-order valence-corrected chi connectivity index (χ4v) is 1.67. The van der Waals surface area contributed by atoms with Gasteiger partial charge in [-0.1, -0.05) is 36.4 Å². The first kappa shape index (κ1) is 12.8. The molecule has 5 heteroatoms. The maximum Gasteiger partial charge on any atom is 0.270 e. The predicted molar refractivity (Wildman–Crippen MR) is 70.1 cm³/mol. The molecule has 0 aliphatic carbocycles. The molecule has 0 saturated carbocycles. The first-order valence-corrected chi connectivity index (χ1v) is 5.74. The van der Waals surface area contributed by atoms with E-state index in [4.69, 9.17) is 5.73 Å². The Hall–Kier alpha value is -2.69. The van der Waals surface area contributed by atoms with Crippen LogP contribution in [0.5, 0.6) is 0 Å². The van der Waals surface area contributed by atoms with E-state index in [0.29, 0.717) is 5.56 Å². The Morgan fingerprint density at radius 3 is 2.32 bits per heavy atom. The molecule has 0 fully saturated rings. The average Bonchev–Trinajstić information content (AvgIpc) is 2.46. The van der Waals surface area contributed by atoms with Crippen molar-refractivity contribution in [2.75, 3.05) is 0 Å². The van der Waals surface area contributed by atoms with Gasteiger partial charge in [0.25, 0.3) is 5.91 Å². The zero-order valence-electron chi connectivity index (χ0n) is 10.1. The van der Waals surface area contributed by atoms with Crippen molar-refractivity contribution in [1.82, 2.24) is 10.3 Å². The van der Waals surface area contributed by atoms with E-state index in [2.05, 4.69) is 10.3 Å². The standard InChI is InChI=1S/C14H13N3O2/c15-13(18)12(10-6-2-1-3-7-10)17-14(19)11-8-4-5-9-16-11/h1-9,12H,(H2,15,18)(H,17,19)/t12-/m0/s1. The Bertz CT molecular complexity index is 570. The second kappa shape index (κ2) is 5.77. The smallest absolute Gasteiger partial charge is 0.270 e. The average molecular weight is 255 g/mol. The van der Waals surface area contributed by atoms with Gasteiger partial charge in [-0.3, -0.25) is 14.6 Å². The molecular weight excluding hydrogens is 242 g/mol. The van der Waals surface area contributed by atoms with Gasteiger partial charge in [-0.15, -0.1) is 0 Å². The molecule has 1 atom stereocenters. The van der Waals surface area contributed by atoms with E-state index in [1.54, 1.807) is 42.5 Å². The Balaban J connectivity index is 2.19. The van der Waals surface area contributed by atoms with Crippen molar-refractivity contribution in [1.29, 1.82) is 0 Å². The number of nitrogens with one attached hydrogen (secondary N) is 1. The normalized spacial score (nSPS) is 11.6. The molecule has 0 spiro atoms. The van der Waals surface area contributed by atoms with Crippen molar-refractivity contribution >= 4 is 11.8 Å². The van der Waals surface area contributed by atoms with Gasteiger partial charge in [-0.2, -0.15) is 0 Å². The van der Waals surface area contributed by atoms with Crippen molar-refractivity contribution in [3.8, 4) is 0 Å². The molecular formula is C14H13N3O2. The summed E-state index contributed by atoms with van der Waals surface area (Å²) in [5, 5.41) is 2.57. The van der Waals surface area contributed by atoms with Gasteiger partial charge in [0, 0.05) is 6.20 Å². The molecule has 0 aliphatic rings. The molecule has 2 aromatic rings. The number of amides is 2. The van der Waals surface area contributed by atoms with E-state index in [1.807, 2.05) is 6.07 Å². The zero-order chi connectivity index (χ0) is 13.7. The van der Waals surface area contributed by atoms with Crippen LogP contribution in [0.4, 0.5) is 0 Å². The highest BCUT2D eigenvalue weighted by atomic mass is 16.2. The van der Waals surface area contributed by atoms with Crippen molar-refractivity contribution in [3.63, 3.8) is 0 Å². The van der Waals surface area contributed by atoms with Gasteiger partial charge in [0.2, 0.25) is 5.91 Å². The number of aromatic nitrogens is 1. The molecule has 2 amide bonds. The Morgan fingerprint density at radius 2 is 1.74 bits per heavy atom. The number of pyridine rings is 1. The number of primary amides is 1. The maximum absolute atomic E-state index is 12.0. The topological polar surface area (TPSA) is 85.1 Å². The van der Waals surface area contributed by atoms with Crippen molar-refractivity contribution in [2.45, 2.75) is 6.04 Å². The van der Waals surface area contributed by atoms with E-state index in [0.717, 1.165) is 0 Å². The second-order valence-electron chi connectivity index (χ2n) is 3.93. The fraction of sp³-hybridized carbons (Fsp3) is 0.0714. The van der Waals surface area contributed by atoms with E-state index < -0.39 is 17.9 Å². The number of nitrogens with zero attached hydrogens (tertiary/aromatic N) is 1. The summed E-state index contributed by atoms with van der Waals surface area (Å²) < 4.78 is 0. The van der Waals surface area contributed by atoms with Crippen LogP contribution in [0.2, 0.25) is 0 Å². The molecule has 0 bridgehead atoms. The van der Waals surface area contributed by atoms with E-state index >= 15 is 0 Å². The lowest BCUT2D eigenvalue weighted by atomic mass is 10.1. The Kier molecular flexibility index (Phi) is 3.87. The highest BCUT2D eigenvalue weighted by Crippen LogP contribution is 2.12. The van der Waals surface area contributed by atoms with Crippen LogP contribution >= 0.6 is 0 Å².